The second-order valence-electron chi connectivity index (χ2n) is 6.08. The van der Waals surface area contributed by atoms with Gasteiger partial charge in [0.2, 0.25) is 0 Å². The molecule has 0 fully saturated rings. The largest absolute Gasteiger partial charge is 0.232 e. The van der Waals surface area contributed by atoms with Crippen LogP contribution in [0.2, 0.25) is 0 Å². The standard InChI is InChI=1S/C22H16Br2N2/c1-15-21(16-7-11-18(23)12-8-16)25-26(20-5-3-2-4-6-20)22(15)17-9-13-19(24)14-10-17/h2-14H,1H3. The Bertz CT molecular complexity index is 1030. The van der Waals surface area contributed by atoms with E-state index in [2.05, 4.69) is 99.4 Å². The third kappa shape index (κ3) is 3.27. The summed E-state index contributed by atoms with van der Waals surface area (Å²) in [7, 11) is 0. The van der Waals surface area contributed by atoms with E-state index in [0.717, 1.165) is 37.1 Å². The normalized spacial score (nSPS) is 10.9. The molecule has 2 nitrogen and oxygen atoms in total. The topological polar surface area (TPSA) is 17.8 Å². The van der Waals surface area contributed by atoms with E-state index in [-0.39, 0.29) is 0 Å². The van der Waals surface area contributed by atoms with Gasteiger partial charge < -0.3 is 0 Å². The fourth-order valence-electron chi connectivity index (χ4n) is 3.08. The molecule has 0 aliphatic heterocycles. The molecular weight excluding hydrogens is 452 g/mol. The maximum Gasteiger partial charge on any atom is 0.0963 e. The van der Waals surface area contributed by atoms with Crippen LogP contribution in [-0.4, -0.2) is 9.78 Å². The highest BCUT2D eigenvalue weighted by Crippen LogP contribution is 2.34. The lowest BCUT2D eigenvalue weighted by Gasteiger charge is -2.09. The molecule has 0 amide bonds. The lowest BCUT2D eigenvalue weighted by atomic mass is 10.0. The van der Waals surface area contributed by atoms with Crippen molar-refractivity contribution in [2.75, 3.05) is 0 Å². The Balaban J connectivity index is 1.96. The second kappa shape index (κ2) is 7.22. The molecule has 0 saturated heterocycles. The van der Waals surface area contributed by atoms with E-state index >= 15 is 0 Å². The number of hydrogen-bond acceptors (Lipinski definition) is 1. The molecule has 0 N–H and O–H groups in total. The van der Waals surface area contributed by atoms with Gasteiger partial charge in [-0.1, -0.05) is 74.3 Å². The Labute approximate surface area is 169 Å². The molecule has 4 heteroatoms. The molecule has 3 aromatic carbocycles. The van der Waals surface area contributed by atoms with Gasteiger partial charge in [-0.15, -0.1) is 0 Å². The molecule has 26 heavy (non-hydrogen) atoms. The molecule has 0 radical (unpaired) electrons. The van der Waals surface area contributed by atoms with E-state index in [4.69, 9.17) is 5.10 Å². The van der Waals surface area contributed by atoms with Crippen LogP contribution in [0.5, 0.6) is 0 Å². The van der Waals surface area contributed by atoms with Gasteiger partial charge in [0.05, 0.1) is 17.1 Å². The van der Waals surface area contributed by atoms with Gasteiger partial charge in [-0.05, 0) is 43.3 Å². The second-order valence-corrected chi connectivity index (χ2v) is 7.91. The van der Waals surface area contributed by atoms with Crippen molar-refractivity contribution in [3.8, 4) is 28.2 Å². The molecule has 0 atom stereocenters. The number of benzene rings is 3. The van der Waals surface area contributed by atoms with Crippen molar-refractivity contribution in [1.82, 2.24) is 9.78 Å². The smallest absolute Gasteiger partial charge is 0.0963 e. The predicted octanol–water partition coefficient (Wildman–Crippen LogP) is 7.04. The summed E-state index contributed by atoms with van der Waals surface area (Å²) in [6, 6.07) is 26.9. The summed E-state index contributed by atoms with van der Waals surface area (Å²) >= 11 is 7.03. The summed E-state index contributed by atoms with van der Waals surface area (Å²) in [5, 5.41) is 4.97. The highest BCUT2D eigenvalue weighted by atomic mass is 79.9. The van der Waals surface area contributed by atoms with E-state index in [1.54, 1.807) is 0 Å². The first-order valence-corrected chi connectivity index (χ1v) is 9.89. The van der Waals surface area contributed by atoms with Gasteiger partial charge in [0.1, 0.15) is 0 Å². The molecule has 0 saturated carbocycles. The third-order valence-corrected chi connectivity index (χ3v) is 5.42. The summed E-state index contributed by atoms with van der Waals surface area (Å²) in [6.45, 7) is 2.14. The molecule has 0 aliphatic carbocycles. The van der Waals surface area contributed by atoms with Crippen LogP contribution in [0.3, 0.4) is 0 Å². The maximum absolute atomic E-state index is 4.97. The fourth-order valence-corrected chi connectivity index (χ4v) is 3.61. The average molecular weight is 468 g/mol. The van der Waals surface area contributed by atoms with Crippen molar-refractivity contribution in [3.05, 3.63) is 93.4 Å². The number of aromatic nitrogens is 2. The van der Waals surface area contributed by atoms with Crippen molar-refractivity contribution in [3.63, 3.8) is 0 Å². The quantitative estimate of drug-likeness (QED) is 0.316. The molecule has 4 rings (SSSR count). The molecule has 0 bridgehead atoms. The van der Waals surface area contributed by atoms with Gasteiger partial charge >= 0.3 is 0 Å². The Morgan fingerprint density at radius 1 is 0.692 bits per heavy atom. The molecule has 0 spiro atoms. The Hall–Kier alpha value is -2.17. The molecule has 0 aliphatic rings. The van der Waals surface area contributed by atoms with Crippen LogP contribution in [0, 0.1) is 6.92 Å². The number of halogens is 2. The number of para-hydroxylation sites is 1. The fraction of sp³-hybridized carbons (Fsp3) is 0.0455. The molecule has 4 aromatic rings. The van der Waals surface area contributed by atoms with Crippen LogP contribution in [0.15, 0.2) is 87.8 Å². The van der Waals surface area contributed by atoms with E-state index in [0.29, 0.717) is 0 Å². The minimum Gasteiger partial charge on any atom is -0.232 e. The van der Waals surface area contributed by atoms with Crippen molar-refractivity contribution in [1.29, 1.82) is 0 Å². The number of nitrogens with zero attached hydrogens (tertiary/aromatic N) is 2. The van der Waals surface area contributed by atoms with Crippen LogP contribution in [0.25, 0.3) is 28.2 Å². The van der Waals surface area contributed by atoms with Crippen molar-refractivity contribution in [2.24, 2.45) is 0 Å². The Morgan fingerprint density at radius 2 is 1.23 bits per heavy atom. The Morgan fingerprint density at radius 3 is 1.81 bits per heavy atom. The van der Waals surface area contributed by atoms with Crippen LogP contribution in [0.1, 0.15) is 5.56 Å². The van der Waals surface area contributed by atoms with Crippen LogP contribution in [0.4, 0.5) is 0 Å². The number of hydrogen-bond donors (Lipinski definition) is 0. The zero-order valence-electron chi connectivity index (χ0n) is 14.2. The van der Waals surface area contributed by atoms with Crippen LogP contribution >= 0.6 is 31.9 Å². The lowest BCUT2D eigenvalue weighted by molar-refractivity contribution is 0.891. The molecule has 1 heterocycles. The van der Waals surface area contributed by atoms with Gasteiger partial charge in [-0.3, -0.25) is 0 Å². The van der Waals surface area contributed by atoms with E-state index in [1.165, 1.54) is 5.56 Å². The summed E-state index contributed by atoms with van der Waals surface area (Å²) < 4.78 is 4.17. The molecule has 128 valence electrons. The monoisotopic (exact) mass is 466 g/mol. The third-order valence-electron chi connectivity index (χ3n) is 4.36. The SMILES string of the molecule is Cc1c(-c2ccc(Br)cc2)nn(-c2ccccc2)c1-c1ccc(Br)cc1. The van der Waals surface area contributed by atoms with E-state index in [1.807, 2.05) is 22.9 Å². The van der Waals surface area contributed by atoms with Gasteiger partial charge in [0, 0.05) is 25.6 Å². The minimum absolute atomic E-state index is 0.999. The van der Waals surface area contributed by atoms with Gasteiger partial charge in [-0.2, -0.15) is 5.10 Å². The Kier molecular flexibility index (Phi) is 4.79. The van der Waals surface area contributed by atoms with Gasteiger partial charge in [0.25, 0.3) is 0 Å². The van der Waals surface area contributed by atoms with Crippen LogP contribution in [-0.2, 0) is 0 Å². The van der Waals surface area contributed by atoms with Gasteiger partial charge in [0.15, 0.2) is 0 Å². The zero-order valence-corrected chi connectivity index (χ0v) is 17.3. The lowest BCUT2D eigenvalue weighted by Crippen LogP contribution is -1.99. The highest BCUT2D eigenvalue weighted by Gasteiger charge is 2.18. The van der Waals surface area contributed by atoms with E-state index in [9.17, 15) is 0 Å². The first-order valence-electron chi connectivity index (χ1n) is 8.30. The first-order chi connectivity index (χ1) is 12.6. The average Bonchev–Trinajstić information content (AvgIpc) is 3.01. The molecular formula is C22H16Br2N2. The maximum atomic E-state index is 4.97. The predicted molar refractivity (Wildman–Crippen MR) is 115 cm³/mol. The van der Waals surface area contributed by atoms with Crippen LogP contribution < -0.4 is 0 Å². The highest BCUT2D eigenvalue weighted by molar-refractivity contribution is 9.10. The number of rotatable bonds is 3. The van der Waals surface area contributed by atoms with E-state index < -0.39 is 0 Å². The van der Waals surface area contributed by atoms with Crippen molar-refractivity contribution in [2.45, 2.75) is 6.92 Å². The van der Waals surface area contributed by atoms with Crippen molar-refractivity contribution >= 4 is 31.9 Å². The summed E-state index contributed by atoms with van der Waals surface area (Å²) in [4.78, 5) is 0. The summed E-state index contributed by atoms with van der Waals surface area (Å²) in [5.74, 6) is 0. The minimum atomic E-state index is 0.999. The van der Waals surface area contributed by atoms with Gasteiger partial charge in [-0.25, -0.2) is 4.68 Å². The molecule has 0 unspecified atom stereocenters. The van der Waals surface area contributed by atoms with Crippen molar-refractivity contribution < 1.29 is 0 Å². The summed E-state index contributed by atoms with van der Waals surface area (Å²) in [6.07, 6.45) is 0. The first kappa shape index (κ1) is 17.3. The summed E-state index contributed by atoms with van der Waals surface area (Å²) in [5.41, 5.74) is 6.58. The molecule has 1 aromatic heterocycles. The zero-order chi connectivity index (χ0) is 18.1.